The number of aromatic nitrogens is 3. The molecule has 37 heavy (non-hydrogen) atoms. The lowest BCUT2D eigenvalue weighted by molar-refractivity contribution is 0.0730. The minimum atomic E-state index is -3.62. The number of hydrogen-bond acceptors (Lipinski definition) is 6. The molecule has 2 fully saturated rings. The number of benzene rings is 2. The second-order valence-electron chi connectivity index (χ2n) is 9.35. The Balaban J connectivity index is 1.50. The summed E-state index contributed by atoms with van der Waals surface area (Å²) in [5.74, 6) is 1.26. The summed E-state index contributed by atoms with van der Waals surface area (Å²) in [5.41, 5.74) is 1.61. The summed E-state index contributed by atoms with van der Waals surface area (Å²) < 4.78 is 35.7. The molecule has 198 valence electrons. The van der Waals surface area contributed by atoms with Crippen LogP contribution in [0.25, 0.3) is 11.4 Å². The van der Waals surface area contributed by atoms with Crippen molar-refractivity contribution in [1.29, 1.82) is 0 Å². The van der Waals surface area contributed by atoms with Gasteiger partial charge < -0.3 is 4.74 Å². The van der Waals surface area contributed by atoms with Gasteiger partial charge >= 0.3 is 0 Å². The zero-order valence-electron chi connectivity index (χ0n) is 20.5. The molecule has 2 aromatic carbocycles. The molecule has 2 aliphatic rings. The van der Waals surface area contributed by atoms with E-state index in [9.17, 15) is 8.42 Å². The number of halogens is 2. The smallest absolute Gasteiger partial charge is 0.243 e. The normalized spacial score (nSPS) is 18.1. The van der Waals surface area contributed by atoms with Crippen LogP contribution in [-0.4, -0.2) is 53.8 Å². The number of nitrogens with zero attached hydrogens (tertiary/aromatic N) is 4. The molecule has 1 aliphatic heterocycles. The van der Waals surface area contributed by atoms with E-state index < -0.39 is 10.0 Å². The van der Waals surface area contributed by atoms with Crippen molar-refractivity contribution in [2.24, 2.45) is 0 Å². The first-order chi connectivity index (χ1) is 17.9. The van der Waals surface area contributed by atoms with Crippen molar-refractivity contribution in [2.45, 2.75) is 60.4 Å². The van der Waals surface area contributed by atoms with Crippen LogP contribution in [0.5, 0.6) is 0 Å². The van der Waals surface area contributed by atoms with Gasteiger partial charge in [-0.25, -0.2) is 8.42 Å². The summed E-state index contributed by atoms with van der Waals surface area (Å²) in [6.07, 6.45) is 6.81. The zero-order valence-corrected chi connectivity index (χ0v) is 23.6. The predicted molar refractivity (Wildman–Crippen MR) is 148 cm³/mol. The van der Waals surface area contributed by atoms with Crippen LogP contribution >= 0.6 is 35.0 Å². The number of hydrogen-bond donors (Lipinski definition) is 0. The molecule has 1 aromatic heterocycles. The number of rotatable bonds is 7. The molecule has 7 nitrogen and oxygen atoms in total. The maximum absolute atomic E-state index is 13.3. The van der Waals surface area contributed by atoms with Gasteiger partial charge in [0.25, 0.3) is 0 Å². The fraction of sp³-hybridized carbons (Fsp3) is 0.462. The number of thioether (sulfide) groups is 1. The SMILES string of the molecule is O=S(=O)(c1cccc(-c2nnc(SCc3c(Cl)cccc3Cl)n2C2CCCCCC2)c1)N1CCOCC1. The summed E-state index contributed by atoms with van der Waals surface area (Å²) in [4.78, 5) is 0.263. The summed E-state index contributed by atoms with van der Waals surface area (Å²) >= 11 is 14.4. The van der Waals surface area contributed by atoms with Gasteiger partial charge in [-0.05, 0) is 42.7 Å². The van der Waals surface area contributed by atoms with E-state index in [1.807, 2.05) is 24.3 Å². The lowest BCUT2D eigenvalue weighted by Crippen LogP contribution is -2.40. The Bertz CT molecular complexity index is 1320. The fourth-order valence-electron chi connectivity index (χ4n) is 4.96. The van der Waals surface area contributed by atoms with Gasteiger partial charge in [-0.1, -0.05) is 78.8 Å². The maximum Gasteiger partial charge on any atom is 0.243 e. The van der Waals surface area contributed by atoms with Crippen LogP contribution in [0.2, 0.25) is 10.0 Å². The largest absolute Gasteiger partial charge is 0.379 e. The fourth-order valence-corrected chi connectivity index (χ4v) is 8.16. The average molecular weight is 582 g/mol. The third-order valence-electron chi connectivity index (χ3n) is 6.96. The Hall–Kier alpha value is -1.62. The summed E-state index contributed by atoms with van der Waals surface area (Å²) in [5, 5.41) is 11.2. The van der Waals surface area contributed by atoms with Crippen molar-refractivity contribution in [3.05, 3.63) is 58.1 Å². The van der Waals surface area contributed by atoms with Gasteiger partial charge in [0.05, 0.1) is 18.1 Å². The van der Waals surface area contributed by atoms with Gasteiger partial charge in [-0.3, -0.25) is 4.57 Å². The number of ether oxygens (including phenoxy) is 1. The van der Waals surface area contributed by atoms with Gasteiger partial charge in [0.2, 0.25) is 10.0 Å². The highest BCUT2D eigenvalue weighted by atomic mass is 35.5. The summed E-state index contributed by atoms with van der Waals surface area (Å²) in [6.45, 7) is 1.53. The minimum absolute atomic E-state index is 0.247. The Labute approximate surface area is 232 Å². The molecule has 1 aliphatic carbocycles. The highest BCUT2D eigenvalue weighted by Crippen LogP contribution is 2.38. The van der Waals surface area contributed by atoms with Crippen LogP contribution in [0.3, 0.4) is 0 Å². The predicted octanol–water partition coefficient (Wildman–Crippen LogP) is 6.46. The molecule has 0 N–H and O–H groups in total. The molecule has 0 spiro atoms. The van der Waals surface area contributed by atoms with Gasteiger partial charge in [0.1, 0.15) is 0 Å². The Kier molecular flexibility index (Phi) is 8.78. The Morgan fingerprint density at radius 3 is 2.32 bits per heavy atom. The molecule has 5 rings (SSSR count). The van der Waals surface area contributed by atoms with Crippen LogP contribution in [-0.2, 0) is 20.5 Å². The van der Waals surface area contributed by atoms with Gasteiger partial charge in [-0.15, -0.1) is 10.2 Å². The minimum Gasteiger partial charge on any atom is -0.379 e. The van der Waals surface area contributed by atoms with E-state index in [0.29, 0.717) is 47.9 Å². The van der Waals surface area contributed by atoms with E-state index in [0.717, 1.165) is 42.0 Å². The molecular weight excluding hydrogens is 551 g/mol. The van der Waals surface area contributed by atoms with Crippen molar-refractivity contribution in [3.8, 4) is 11.4 Å². The second kappa shape index (κ2) is 12.1. The Morgan fingerprint density at radius 2 is 1.62 bits per heavy atom. The van der Waals surface area contributed by atoms with Gasteiger partial charge in [0.15, 0.2) is 11.0 Å². The molecule has 3 aromatic rings. The van der Waals surface area contributed by atoms with Crippen molar-refractivity contribution >= 4 is 45.0 Å². The van der Waals surface area contributed by atoms with Crippen LogP contribution < -0.4 is 0 Å². The van der Waals surface area contributed by atoms with Crippen LogP contribution in [0.4, 0.5) is 0 Å². The molecule has 1 saturated heterocycles. The molecule has 0 radical (unpaired) electrons. The van der Waals surface area contributed by atoms with Crippen molar-refractivity contribution in [3.63, 3.8) is 0 Å². The first kappa shape index (κ1) is 27.0. The quantitative estimate of drug-likeness (QED) is 0.236. The monoisotopic (exact) mass is 580 g/mol. The molecule has 0 amide bonds. The average Bonchev–Trinajstić information content (AvgIpc) is 3.14. The zero-order chi connectivity index (χ0) is 25.8. The highest BCUT2D eigenvalue weighted by Gasteiger charge is 2.28. The van der Waals surface area contributed by atoms with E-state index >= 15 is 0 Å². The molecule has 11 heteroatoms. The maximum atomic E-state index is 13.3. The van der Waals surface area contributed by atoms with E-state index in [4.69, 9.17) is 27.9 Å². The lowest BCUT2D eigenvalue weighted by atomic mass is 10.1. The first-order valence-corrected chi connectivity index (χ1v) is 15.8. The van der Waals surface area contributed by atoms with Crippen LogP contribution in [0.1, 0.15) is 50.1 Å². The van der Waals surface area contributed by atoms with Crippen LogP contribution in [0, 0.1) is 0 Å². The lowest BCUT2D eigenvalue weighted by Gasteiger charge is -2.26. The third-order valence-corrected chi connectivity index (χ3v) is 10.5. The van der Waals surface area contributed by atoms with Crippen molar-refractivity contribution in [2.75, 3.05) is 26.3 Å². The molecule has 1 saturated carbocycles. The van der Waals surface area contributed by atoms with Crippen molar-refractivity contribution < 1.29 is 13.2 Å². The summed E-state index contributed by atoms with van der Waals surface area (Å²) in [7, 11) is -3.62. The van der Waals surface area contributed by atoms with Crippen LogP contribution in [0.15, 0.2) is 52.5 Å². The number of morpholine rings is 1. The van der Waals surface area contributed by atoms with E-state index in [1.165, 1.54) is 17.1 Å². The summed E-state index contributed by atoms with van der Waals surface area (Å²) in [6, 6.07) is 12.8. The second-order valence-corrected chi connectivity index (χ2v) is 13.0. The van der Waals surface area contributed by atoms with E-state index in [-0.39, 0.29) is 10.9 Å². The molecular formula is C26H30Cl2N4O3S2. The molecule has 0 bridgehead atoms. The van der Waals surface area contributed by atoms with Gasteiger partial charge in [0, 0.05) is 40.5 Å². The third kappa shape index (κ3) is 6.02. The topological polar surface area (TPSA) is 77.3 Å². The molecule has 0 unspecified atom stereocenters. The molecule has 0 atom stereocenters. The van der Waals surface area contributed by atoms with E-state index in [2.05, 4.69) is 14.8 Å². The molecule has 2 heterocycles. The van der Waals surface area contributed by atoms with Crippen molar-refractivity contribution in [1.82, 2.24) is 19.1 Å². The highest BCUT2D eigenvalue weighted by molar-refractivity contribution is 7.98. The van der Waals surface area contributed by atoms with E-state index in [1.54, 1.807) is 30.0 Å². The standard InChI is InChI=1S/C26H30Cl2N4O3S2/c27-23-11-6-12-24(28)22(23)18-36-26-30-29-25(32(26)20-8-3-1-2-4-9-20)19-7-5-10-21(17-19)37(33,34)31-13-15-35-16-14-31/h5-7,10-12,17,20H,1-4,8-9,13-16,18H2. The van der Waals surface area contributed by atoms with Gasteiger partial charge in [-0.2, -0.15) is 4.31 Å². The number of sulfonamides is 1. The first-order valence-electron chi connectivity index (χ1n) is 12.6. The Morgan fingerprint density at radius 1 is 0.946 bits per heavy atom.